The highest BCUT2D eigenvalue weighted by Crippen LogP contribution is 2.43. The Morgan fingerprint density at radius 3 is 1.93 bits per heavy atom. The van der Waals surface area contributed by atoms with Crippen molar-refractivity contribution < 1.29 is 28.0 Å². The third-order valence-electron chi connectivity index (χ3n) is 7.96. The standard InChI is InChI=1S/C33H61N2O6P/c1-3-4-5-6-7-8-9-10-11-12-13-14-15-19-27-38-30-33(39-29-32-20-17-16-18-21-32)31-41-42(36,37)40-28-26-35-24-22-34(2)23-25-35/h16-18,20-21,33H,3-15,19,22-31H2,1-2H3,(H,36,37). The van der Waals surface area contributed by atoms with Crippen molar-refractivity contribution >= 4 is 7.82 Å². The van der Waals surface area contributed by atoms with Gasteiger partial charge < -0.3 is 19.3 Å². The Morgan fingerprint density at radius 1 is 0.762 bits per heavy atom. The smallest absolute Gasteiger partial charge is 0.379 e. The Labute approximate surface area is 257 Å². The van der Waals surface area contributed by atoms with Crippen LogP contribution in [0.15, 0.2) is 30.3 Å². The Bertz CT molecular complexity index is 794. The molecule has 0 radical (unpaired) electrons. The maximum atomic E-state index is 12.5. The van der Waals surface area contributed by atoms with Crippen LogP contribution in [0.1, 0.15) is 102 Å². The lowest BCUT2D eigenvalue weighted by Crippen LogP contribution is -2.45. The van der Waals surface area contributed by atoms with Gasteiger partial charge in [-0.2, -0.15) is 0 Å². The lowest BCUT2D eigenvalue weighted by molar-refractivity contribution is -0.0508. The second-order valence-corrected chi connectivity index (χ2v) is 13.3. The van der Waals surface area contributed by atoms with Crippen LogP contribution in [-0.4, -0.2) is 87.0 Å². The second-order valence-electron chi connectivity index (χ2n) is 11.8. The van der Waals surface area contributed by atoms with Gasteiger partial charge in [0.1, 0.15) is 6.10 Å². The number of piperazine rings is 1. The first-order valence-electron chi connectivity index (χ1n) is 16.7. The first-order valence-corrected chi connectivity index (χ1v) is 18.2. The molecule has 2 atom stereocenters. The van der Waals surface area contributed by atoms with Gasteiger partial charge in [-0.3, -0.25) is 13.9 Å². The number of phosphoric acid groups is 1. The average Bonchev–Trinajstić information content (AvgIpc) is 2.99. The summed E-state index contributed by atoms with van der Waals surface area (Å²) in [6, 6.07) is 9.88. The number of rotatable bonds is 27. The molecule has 0 bridgehead atoms. The van der Waals surface area contributed by atoms with E-state index in [0.29, 0.717) is 26.4 Å². The predicted molar refractivity (Wildman–Crippen MR) is 172 cm³/mol. The zero-order valence-corrected chi connectivity index (χ0v) is 27.7. The Morgan fingerprint density at radius 2 is 1.33 bits per heavy atom. The van der Waals surface area contributed by atoms with E-state index in [2.05, 4.69) is 23.8 Å². The Kier molecular flexibility index (Phi) is 21.8. The van der Waals surface area contributed by atoms with Crippen LogP contribution in [0.4, 0.5) is 0 Å². The number of likely N-dealkylation sites (N-methyl/N-ethyl adjacent to an activating group) is 1. The minimum atomic E-state index is -4.17. The summed E-state index contributed by atoms with van der Waals surface area (Å²) in [6.45, 7) is 8.18. The molecule has 1 fully saturated rings. The lowest BCUT2D eigenvalue weighted by atomic mass is 10.0. The summed E-state index contributed by atoms with van der Waals surface area (Å²) in [6.07, 6.45) is 18.1. The SMILES string of the molecule is CCCCCCCCCCCCCCCCOCC(COP(=O)(O)OCCN1CCN(C)CC1)OCc1ccccc1. The molecule has 1 aliphatic rings. The first-order chi connectivity index (χ1) is 20.5. The summed E-state index contributed by atoms with van der Waals surface area (Å²) >= 11 is 0. The number of unbranched alkanes of at least 4 members (excludes halogenated alkanes) is 13. The summed E-state index contributed by atoms with van der Waals surface area (Å²) in [4.78, 5) is 14.7. The number of nitrogens with zero attached hydrogens (tertiary/aromatic N) is 2. The van der Waals surface area contributed by atoms with E-state index >= 15 is 0 Å². The highest BCUT2D eigenvalue weighted by molar-refractivity contribution is 7.47. The van der Waals surface area contributed by atoms with Crippen LogP contribution in [0.3, 0.4) is 0 Å². The molecule has 1 aromatic rings. The molecule has 42 heavy (non-hydrogen) atoms. The molecule has 8 nitrogen and oxygen atoms in total. The van der Waals surface area contributed by atoms with E-state index in [4.69, 9.17) is 18.5 Å². The minimum Gasteiger partial charge on any atom is -0.379 e. The number of ether oxygens (including phenoxy) is 2. The van der Waals surface area contributed by atoms with Crippen molar-refractivity contribution in [2.75, 3.05) is 66.2 Å². The normalized spacial score (nSPS) is 16.9. The molecule has 2 rings (SSSR count). The van der Waals surface area contributed by atoms with Gasteiger partial charge in [-0.15, -0.1) is 0 Å². The van der Waals surface area contributed by atoms with Gasteiger partial charge in [0, 0.05) is 39.3 Å². The molecular weight excluding hydrogens is 551 g/mol. The highest BCUT2D eigenvalue weighted by atomic mass is 31.2. The van der Waals surface area contributed by atoms with Crippen molar-refractivity contribution in [1.82, 2.24) is 9.80 Å². The summed E-state index contributed by atoms with van der Waals surface area (Å²) in [5, 5.41) is 0. The van der Waals surface area contributed by atoms with E-state index in [0.717, 1.165) is 44.6 Å². The summed E-state index contributed by atoms with van der Waals surface area (Å²) in [5.74, 6) is 0. The van der Waals surface area contributed by atoms with Crippen LogP contribution >= 0.6 is 7.82 Å². The van der Waals surface area contributed by atoms with Gasteiger partial charge in [-0.05, 0) is 19.0 Å². The fourth-order valence-corrected chi connectivity index (χ4v) is 5.86. The monoisotopic (exact) mass is 612 g/mol. The first kappa shape index (κ1) is 37.4. The van der Waals surface area contributed by atoms with Gasteiger partial charge in [-0.1, -0.05) is 121 Å². The van der Waals surface area contributed by atoms with Crippen LogP contribution < -0.4 is 0 Å². The molecule has 1 heterocycles. The molecule has 244 valence electrons. The maximum absolute atomic E-state index is 12.5. The average molecular weight is 613 g/mol. The van der Waals surface area contributed by atoms with Crippen molar-refractivity contribution in [3.63, 3.8) is 0 Å². The van der Waals surface area contributed by atoms with E-state index in [-0.39, 0.29) is 13.2 Å². The number of benzene rings is 1. The van der Waals surface area contributed by atoms with Crippen LogP contribution in [-0.2, 0) is 29.7 Å². The van der Waals surface area contributed by atoms with Crippen LogP contribution in [0.2, 0.25) is 0 Å². The zero-order chi connectivity index (χ0) is 30.1. The minimum absolute atomic E-state index is 0.0616. The molecule has 0 spiro atoms. The third kappa shape index (κ3) is 20.2. The molecule has 0 amide bonds. The quantitative estimate of drug-likeness (QED) is 0.0811. The van der Waals surface area contributed by atoms with Gasteiger partial charge in [0.2, 0.25) is 0 Å². The van der Waals surface area contributed by atoms with Gasteiger partial charge in [-0.25, -0.2) is 4.57 Å². The largest absolute Gasteiger partial charge is 0.472 e. The predicted octanol–water partition coefficient (Wildman–Crippen LogP) is 7.45. The molecular formula is C33H61N2O6P. The van der Waals surface area contributed by atoms with Crippen molar-refractivity contribution in [2.24, 2.45) is 0 Å². The molecule has 9 heteroatoms. The Balaban J connectivity index is 1.55. The fraction of sp³-hybridized carbons (Fsp3) is 0.818. The Hall–Kier alpha value is -0.830. The summed E-state index contributed by atoms with van der Waals surface area (Å²) < 4.78 is 35.0. The van der Waals surface area contributed by atoms with Crippen molar-refractivity contribution in [3.8, 4) is 0 Å². The zero-order valence-electron chi connectivity index (χ0n) is 26.8. The van der Waals surface area contributed by atoms with Gasteiger partial charge in [0.05, 0.1) is 26.4 Å². The molecule has 1 N–H and O–H groups in total. The molecule has 0 aromatic heterocycles. The molecule has 2 unspecified atom stereocenters. The lowest BCUT2D eigenvalue weighted by Gasteiger charge is -2.32. The highest BCUT2D eigenvalue weighted by Gasteiger charge is 2.25. The van der Waals surface area contributed by atoms with E-state index < -0.39 is 13.9 Å². The molecule has 1 saturated heterocycles. The number of hydrogen-bond acceptors (Lipinski definition) is 7. The van der Waals surface area contributed by atoms with E-state index in [1.165, 1.54) is 77.0 Å². The van der Waals surface area contributed by atoms with E-state index in [9.17, 15) is 9.46 Å². The van der Waals surface area contributed by atoms with Gasteiger partial charge >= 0.3 is 7.82 Å². The number of phosphoric ester groups is 1. The van der Waals surface area contributed by atoms with E-state index in [1.807, 2.05) is 30.3 Å². The van der Waals surface area contributed by atoms with Gasteiger partial charge in [0.15, 0.2) is 0 Å². The molecule has 1 aliphatic heterocycles. The van der Waals surface area contributed by atoms with Crippen LogP contribution in [0.5, 0.6) is 0 Å². The van der Waals surface area contributed by atoms with Gasteiger partial charge in [0.25, 0.3) is 0 Å². The fourth-order valence-electron chi connectivity index (χ4n) is 5.12. The summed E-state index contributed by atoms with van der Waals surface area (Å²) in [5.41, 5.74) is 1.03. The van der Waals surface area contributed by atoms with Crippen molar-refractivity contribution in [3.05, 3.63) is 35.9 Å². The van der Waals surface area contributed by atoms with Crippen molar-refractivity contribution in [2.45, 2.75) is 110 Å². The van der Waals surface area contributed by atoms with Crippen LogP contribution in [0.25, 0.3) is 0 Å². The van der Waals surface area contributed by atoms with E-state index in [1.54, 1.807) is 0 Å². The molecule has 0 aliphatic carbocycles. The topological polar surface area (TPSA) is 80.7 Å². The molecule has 0 saturated carbocycles. The van der Waals surface area contributed by atoms with Crippen molar-refractivity contribution in [1.29, 1.82) is 0 Å². The summed E-state index contributed by atoms with van der Waals surface area (Å²) in [7, 11) is -2.07. The second kappa shape index (κ2) is 24.5. The molecule has 1 aromatic carbocycles. The third-order valence-corrected chi connectivity index (χ3v) is 8.94. The number of hydrogen-bond donors (Lipinski definition) is 1. The van der Waals surface area contributed by atoms with Crippen LogP contribution in [0, 0.1) is 0 Å². The maximum Gasteiger partial charge on any atom is 0.472 e.